The first-order valence-corrected chi connectivity index (χ1v) is 12.0. The summed E-state index contributed by atoms with van der Waals surface area (Å²) in [5.74, 6) is 0.746. The number of methoxy groups -OCH3 is 1. The minimum absolute atomic E-state index is 0.0545. The van der Waals surface area contributed by atoms with Crippen molar-refractivity contribution in [3.05, 3.63) is 69.8 Å². The lowest BCUT2D eigenvalue weighted by Crippen LogP contribution is -2.28. The summed E-state index contributed by atoms with van der Waals surface area (Å²) in [6.45, 7) is 8.84. The molecular formula is C28H35FN2O3. The predicted octanol–water partition coefficient (Wildman–Crippen LogP) is 5.06. The number of nitrogens with zero attached hydrogens (tertiary/aromatic N) is 2. The molecule has 0 N–H and O–H groups in total. The second-order valence-electron chi connectivity index (χ2n) is 8.84. The number of ketones is 1. The van der Waals surface area contributed by atoms with Gasteiger partial charge in [0.1, 0.15) is 5.75 Å². The van der Waals surface area contributed by atoms with Gasteiger partial charge in [0.05, 0.1) is 18.6 Å². The first-order chi connectivity index (χ1) is 16.4. The zero-order valence-electron chi connectivity index (χ0n) is 20.5. The summed E-state index contributed by atoms with van der Waals surface area (Å²) >= 11 is 0. The molecule has 1 aliphatic heterocycles. The van der Waals surface area contributed by atoms with Crippen LogP contribution in [0, 0.1) is 0 Å². The fraction of sp³-hybridized carbons (Fsp3) is 0.429. The van der Waals surface area contributed by atoms with Crippen LogP contribution in [0.2, 0.25) is 0 Å². The van der Waals surface area contributed by atoms with E-state index in [1.54, 1.807) is 20.1 Å². The van der Waals surface area contributed by atoms with E-state index in [1.807, 2.05) is 18.2 Å². The quantitative estimate of drug-likeness (QED) is 0.342. The normalized spacial score (nSPS) is 16.8. The molecule has 0 spiro atoms. The monoisotopic (exact) mass is 466 g/mol. The summed E-state index contributed by atoms with van der Waals surface area (Å²) in [4.78, 5) is 13.9. The maximum absolute atomic E-state index is 13.1. The molecule has 0 bridgehead atoms. The number of unbranched alkanes of at least 4 members (excludes halogenated alkanes) is 3. The zero-order chi connectivity index (χ0) is 24.5. The van der Waals surface area contributed by atoms with Gasteiger partial charge in [-0.2, -0.15) is 0 Å². The number of ether oxygens (including phenoxy) is 1. The fourth-order valence-electron chi connectivity index (χ4n) is 4.26. The molecule has 3 rings (SSSR count). The molecule has 2 heterocycles. The summed E-state index contributed by atoms with van der Waals surface area (Å²) in [5, 5.41) is 4.94. The van der Waals surface area contributed by atoms with E-state index in [-0.39, 0.29) is 17.5 Å². The Balaban J connectivity index is 1.42. The van der Waals surface area contributed by atoms with Gasteiger partial charge in [-0.1, -0.05) is 42.8 Å². The van der Waals surface area contributed by atoms with E-state index >= 15 is 0 Å². The van der Waals surface area contributed by atoms with Crippen LogP contribution in [0.5, 0.6) is 5.75 Å². The van der Waals surface area contributed by atoms with Crippen molar-refractivity contribution in [2.24, 2.45) is 0 Å². The van der Waals surface area contributed by atoms with Crippen molar-refractivity contribution in [3.63, 3.8) is 0 Å². The van der Waals surface area contributed by atoms with Gasteiger partial charge in [-0.15, -0.1) is 0 Å². The summed E-state index contributed by atoms with van der Waals surface area (Å²) in [6, 6.07) is 5.73. The fourth-order valence-corrected chi connectivity index (χ4v) is 4.26. The number of allylic oxidation sites excluding steroid dienone is 3. The van der Waals surface area contributed by atoms with Gasteiger partial charge in [0.15, 0.2) is 11.2 Å². The number of carbonyl (C=O) groups excluding carboxylic acids is 1. The van der Waals surface area contributed by atoms with Crippen LogP contribution in [0.3, 0.4) is 0 Å². The Bertz CT molecular complexity index is 1140. The van der Waals surface area contributed by atoms with Crippen molar-refractivity contribution in [3.8, 4) is 5.75 Å². The van der Waals surface area contributed by atoms with Crippen molar-refractivity contribution in [2.75, 3.05) is 20.2 Å². The standard InChI is InChI=1S/C28H35FN2O3/c1-20(29)10-13-26-22(3)34-30-28(26)24-14-17-31(18-15-24)16-8-6-5-7-9-23-11-12-25(21(2)32)19-27(23)33-4/h10-14,17,19,24H,3,5-9,15-16,18H2,1-2,4H3/b20-10+,26-13+. The summed E-state index contributed by atoms with van der Waals surface area (Å²) in [6.07, 6.45) is 13.9. The lowest BCUT2D eigenvalue weighted by atomic mass is 9.97. The minimum atomic E-state index is -0.262. The molecule has 5 nitrogen and oxygen atoms in total. The summed E-state index contributed by atoms with van der Waals surface area (Å²) in [5.41, 5.74) is 3.14. The van der Waals surface area contributed by atoms with Crippen LogP contribution in [0.25, 0.3) is 12.7 Å². The second kappa shape index (κ2) is 12.4. The van der Waals surface area contributed by atoms with Crippen LogP contribution in [0.4, 0.5) is 4.39 Å². The number of halogens is 1. The molecule has 1 atom stereocenters. The Kier molecular flexibility index (Phi) is 9.25. The highest BCUT2D eigenvalue weighted by Gasteiger charge is 2.19. The van der Waals surface area contributed by atoms with Crippen molar-refractivity contribution in [1.82, 2.24) is 10.1 Å². The lowest BCUT2D eigenvalue weighted by molar-refractivity contribution is 0.101. The highest BCUT2D eigenvalue weighted by Crippen LogP contribution is 2.24. The number of carbonyl (C=O) groups is 1. The predicted molar refractivity (Wildman–Crippen MR) is 134 cm³/mol. The average molecular weight is 467 g/mol. The van der Waals surface area contributed by atoms with Crippen LogP contribution in [-0.2, 0) is 6.42 Å². The van der Waals surface area contributed by atoms with Gasteiger partial charge in [-0.25, -0.2) is 4.39 Å². The number of aromatic nitrogens is 1. The first kappa shape index (κ1) is 25.5. The third kappa shape index (κ3) is 6.92. The number of hydrogen-bond donors (Lipinski definition) is 0. The number of benzene rings is 1. The highest BCUT2D eigenvalue weighted by molar-refractivity contribution is 5.94. The largest absolute Gasteiger partial charge is 0.496 e. The third-order valence-corrected chi connectivity index (χ3v) is 6.25. The molecule has 6 heteroatoms. The zero-order valence-corrected chi connectivity index (χ0v) is 20.5. The molecule has 0 saturated carbocycles. The SMILES string of the molecule is C=c1onc(C2C=CN(CCCCCCc3ccc(C(C)=O)cc3OC)CC2)/c1=C/C=C(\C)F. The van der Waals surface area contributed by atoms with Gasteiger partial charge in [0.2, 0.25) is 0 Å². The molecular weight excluding hydrogens is 431 g/mol. The van der Waals surface area contributed by atoms with Crippen LogP contribution in [0.15, 0.2) is 46.9 Å². The molecule has 0 fully saturated rings. The Labute approximate surface area is 201 Å². The van der Waals surface area contributed by atoms with Crippen LogP contribution < -0.4 is 15.4 Å². The number of Topliss-reactive ketones (excluding diaryl/α,β-unsaturated/α-hetero) is 1. The number of hydrogen-bond acceptors (Lipinski definition) is 5. The third-order valence-electron chi connectivity index (χ3n) is 6.25. The van der Waals surface area contributed by atoms with E-state index in [0.29, 0.717) is 11.0 Å². The van der Waals surface area contributed by atoms with E-state index in [1.165, 1.54) is 19.4 Å². The number of rotatable bonds is 11. The average Bonchev–Trinajstić information content (AvgIpc) is 3.20. The molecule has 182 valence electrons. The molecule has 1 unspecified atom stereocenters. The van der Waals surface area contributed by atoms with Gasteiger partial charge >= 0.3 is 0 Å². The van der Waals surface area contributed by atoms with Gasteiger partial charge in [0, 0.05) is 29.8 Å². The molecule has 0 aliphatic carbocycles. The van der Waals surface area contributed by atoms with Crippen LogP contribution in [0.1, 0.15) is 73.5 Å². The van der Waals surface area contributed by atoms with E-state index in [4.69, 9.17) is 9.26 Å². The number of aryl methyl sites for hydroxylation is 1. The van der Waals surface area contributed by atoms with Gasteiger partial charge in [-0.05, 0) is 69.5 Å². The smallest absolute Gasteiger partial charge is 0.160 e. The molecule has 0 radical (unpaired) electrons. The second-order valence-corrected chi connectivity index (χ2v) is 8.84. The van der Waals surface area contributed by atoms with Gasteiger partial charge in [-0.3, -0.25) is 4.79 Å². The summed E-state index contributed by atoms with van der Waals surface area (Å²) < 4.78 is 23.9. The Morgan fingerprint density at radius 3 is 2.76 bits per heavy atom. The topological polar surface area (TPSA) is 55.6 Å². The van der Waals surface area contributed by atoms with Crippen LogP contribution >= 0.6 is 0 Å². The van der Waals surface area contributed by atoms with E-state index in [9.17, 15) is 9.18 Å². The molecule has 0 saturated heterocycles. The summed E-state index contributed by atoms with van der Waals surface area (Å²) in [7, 11) is 1.65. The molecule has 2 aromatic rings. The van der Waals surface area contributed by atoms with E-state index in [2.05, 4.69) is 28.9 Å². The Hall–Kier alpha value is -3.15. The Morgan fingerprint density at radius 1 is 1.29 bits per heavy atom. The first-order valence-electron chi connectivity index (χ1n) is 12.0. The maximum atomic E-state index is 13.1. The molecule has 1 aromatic carbocycles. The van der Waals surface area contributed by atoms with Crippen LogP contribution in [-0.4, -0.2) is 36.0 Å². The van der Waals surface area contributed by atoms with Crippen molar-refractivity contribution in [1.29, 1.82) is 0 Å². The maximum Gasteiger partial charge on any atom is 0.160 e. The van der Waals surface area contributed by atoms with E-state index in [0.717, 1.165) is 67.4 Å². The lowest BCUT2D eigenvalue weighted by Gasteiger charge is -2.27. The molecule has 34 heavy (non-hydrogen) atoms. The van der Waals surface area contributed by atoms with Crippen molar-refractivity contribution >= 4 is 18.4 Å². The van der Waals surface area contributed by atoms with Crippen molar-refractivity contribution in [2.45, 2.75) is 58.3 Å². The highest BCUT2D eigenvalue weighted by atomic mass is 19.1. The molecule has 1 aliphatic rings. The molecule has 1 aromatic heterocycles. The van der Waals surface area contributed by atoms with E-state index < -0.39 is 0 Å². The van der Waals surface area contributed by atoms with Crippen molar-refractivity contribution < 1.29 is 18.4 Å². The molecule has 0 amide bonds. The minimum Gasteiger partial charge on any atom is -0.496 e. The van der Waals surface area contributed by atoms with Gasteiger partial charge < -0.3 is 14.2 Å². The Morgan fingerprint density at radius 2 is 2.09 bits per heavy atom. The van der Waals surface area contributed by atoms with Gasteiger partial charge in [0.25, 0.3) is 0 Å².